The predicted octanol–water partition coefficient (Wildman–Crippen LogP) is 1.14. The monoisotopic (exact) mass is 203 g/mol. The molecule has 0 heterocycles. The van der Waals surface area contributed by atoms with Gasteiger partial charge in [-0.25, -0.2) is 0 Å². The summed E-state index contributed by atoms with van der Waals surface area (Å²) < 4.78 is 10.8. The van der Waals surface area contributed by atoms with E-state index in [1.54, 1.807) is 6.92 Å². The van der Waals surface area contributed by atoms with E-state index in [0.717, 1.165) is 0 Å². The Balaban J connectivity index is 4.25. The van der Waals surface area contributed by atoms with Crippen LogP contribution in [0.4, 0.5) is 0 Å². The summed E-state index contributed by atoms with van der Waals surface area (Å²) in [6.07, 6.45) is -0.340. The summed E-state index contributed by atoms with van der Waals surface area (Å²) in [5, 5.41) is 0. The SMILES string of the molecule is CCOC(OCC)[C@@H](C)C(C)C(N)=O. The van der Waals surface area contributed by atoms with Crippen molar-refractivity contribution in [2.75, 3.05) is 13.2 Å². The number of carbonyl (C=O) groups excluding carboxylic acids is 1. The average molecular weight is 203 g/mol. The molecule has 0 aliphatic carbocycles. The van der Waals surface area contributed by atoms with Crippen molar-refractivity contribution in [3.63, 3.8) is 0 Å². The van der Waals surface area contributed by atoms with Gasteiger partial charge < -0.3 is 15.2 Å². The second-order valence-corrected chi connectivity index (χ2v) is 3.33. The van der Waals surface area contributed by atoms with Gasteiger partial charge in [0.25, 0.3) is 0 Å². The normalized spacial score (nSPS) is 15.5. The lowest BCUT2D eigenvalue weighted by Gasteiger charge is -2.26. The molecule has 4 nitrogen and oxygen atoms in total. The van der Waals surface area contributed by atoms with Crippen molar-refractivity contribution in [1.82, 2.24) is 0 Å². The van der Waals surface area contributed by atoms with Crippen LogP contribution in [-0.4, -0.2) is 25.4 Å². The first kappa shape index (κ1) is 13.4. The van der Waals surface area contributed by atoms with Gasteiger partial charge in [-0.1, -0.05) is 13.8 Å². The van der Waals surface area contributed by atoms with E-state index in [2.05, 4.69) is 0 Å². The van der Waals surface area contributed by atoms with E-state index in [4.69, 9.17) is 15.2 Å². The zero-order valence-electron chi connectivity index (χ0n) is 9.45. The second-order valence-electron chi connectivity index (χ2n) is 3.33. The maximum atomic E-state index is 11.0. The Kier molecular flexibility index (Phi) is 6.49. The Morgan fingerprint density at radius 3 is 1.93 bits per heavy atom. The first-order chi connectivity index (χ1) is 6.54. The fourth-order valence-corrected chi connectivity index (χ4v) is 1.18. The molecule has 0 aliphatic heterocycles. The minimum absolute atomic E-state index is 0.0209. The molecule has 4 heteroatoms. The molecule has 0 aliphatic rings. The van der Waals surface area contributed by atoms with Crippen molar-refractivity contribution in [2.24, 2.45) is 17.6 Å². The van der Waals surface area contributed by atoms with E-state index in [9.17, 15) is 4.79 Å². The predicted molar refractivity (Wildman–Crippen MR) is 54.6 cm³/mol. The Bertz CT molecular complexity index is 167. The van der Waals surface area contributed by atoms with E-state index in [-0.39, 0.29) is 24.0 Å². The standard InChI is InChI=1S/C10H21NO3/c1-5-13-10(14-6-2)8(4)7(3)9(11)12/h7-8,10H,5-6H2,1-4H3,(H2,11,12)/t7?,8-/m0/s1. The molecule has 0 aromatic rings. The van der Waals surface area contributed by atoms with Crippen molar-refractivity contribution < 1.29 is 14.3 Å². The summed E-state index contributed by atoms with van der Waals surface area (Å²) in [7, 11) is 0. The third-order valence-corrected chi connectivity index (χ3v) is 2.33. The lowest BCUT2D eigenvalue weighted by Crippen LogP contribution is -2.36. The van der Waals surface area contributed by atoms with Crippen molar-refractivity contribution in [3.8, 4) is 0 Å². The summed E-state index contributed by atoms with van der Waals surface area (Å²) in [6.45, 7) is 8.63. The molecule has 0 rings (SSSR count). The quantitative estimate of drug-likeness (QED) is 0.631. The van der Waals surface area contributed by atoms with Gasteiger partial charge in [-0.2, -0.15) is 0 Å². The van der Waals surface area contributed by atoms with Gasteiger partial charge in [-0.05, 0) is 13.8 Å². The van der Waals surface area contributed by atoms with Crippen LogP contribution in [0.5, 0.6) is 0 Å². The van der Waals surface area contributed by atoms with E-state index in [1.165, 1.54) is 0 Å². The highest BCUT2D eigenvalue weighted by Gasteiger charge is 2.26. The number of nitrogens with two attached hydrogens (primary N) is 1. The highest BCUT2D eigenvalue weighted by Crippen LogP contribution is 2.18. The molecule has 0 saturated heterocycles. The fraction of sp³-hybridized carbons (Fsp3) is 0.900. The molecule has 0 aromatic carbocycles. The van der Waals surface area contributed by atoms with Crippen LogP contribution in [-0.2, 0) is 14.3 Å². The van der Waals surface area contributed by atoms with E-state index in [0.29, 0.717) is 13.2 Å². The molecule has 14 heavy (non-hydrogen) atoms. The first-order valence-corrected chi connectivity index (χ1v) is 5.07. The first-order valence-electron chi connectivity index (χ1n) is 5.07. The van der Waals surface area contributed by atoms with Gasteiger partial charge in [0.1, 0.15) is 0 Å². The summed E-state index contributed by atoms with van der Waals surface area (Å²) in [6, 6.07) is 0. The molecular weight excluding hydrogens is 182 g/mol. The maximum absolute atomic E-state index is 11.0. The Hall–Kier alpha value is -0.610. The van der Waals surface area contributed by atoms with E-state index >= 15 is 0 Å². The summed E-state index contributed by atoms with van der Waals surface area (Å²) in [5.41, 5.74) is 5.22. The lowest BCUT2D eigenvalue weighted by molar-refractivity contribution is -0.175. The van der Waals surface area contributed by atoms with E-state index < -0.39 is 0 Å². The highest BCUT2D eigenvalue weighted by molar-refractivity contribution is 5.76. The Morgan fingerprint density at radius 2 is 1.64 bits per heavy atom. The Morgan fingerprint density at radius 1 is 1.21 bits per heavy atom. The molecule has 2 N–H and O–H groups in total. The molecule has 0 bridgehead atoms. The number of amides is 1. The Labute approximate surface area is 85.8 Å². The fourth-order valence-electron chi connectivity index (χ4n) is 1.18. The number of primary amides is 1. The number of hydrogen-bond donors (Lipinski definition) is 1. The number of carbonyl (C=O) groups is 1. The van der Waals surface area contributed by atoms with Crippen LogP contribution in [0.2, 0.25) is 0 Å². The van der Waals surface area contributed by atoms with Crippen molar-refractivity contribution in [1.29, 1.82) is 0 Å². The van der Waals surface area contributed by atoms with Crippen LogP contribution in [0, 0.1) is 11.8 Å². The van der Waals surface area contributed by atoms with Crippen molar-refractivity contribution >= 4 is 5.91 Å². The minimum atomic E-state index is -0.340. The number of hydrogen-bond acceptors (Lipinski definition) is 3. The lowest BCUT2D eigenvalue weighted by atomic mass is 9.95. The van der Waals surface area contributed by atoms with Crippen LogP contribution in [0.3, 0.4) is 0 Å². The zero-order valence-corrected chi connectivity index (χ0v) is 9.45. The average Bonchev–Trinajstić information content (AvgIpc) is 2.15. The molecule has 1 amide bonds. The molecule has 0 saturated carbocycles. The van der Waals surface area contributed by atoms with E-state index in [1.807, 2.05) is 20.8 Å². The second kappa shape index (κ2) is 6.79. The van der Waals surface area contributed by atoms with Crippen molar-refractivity contribution in [3.05, 3.63) is 0 Å². The maximum Gasteiger partial charge on any atom is 0.220 e. The van der Waals surface area contributed by atoms with Crippen LogP contribution in [0.25, 0.3) is 0 Å². The van der Waals surface area contributed by atoms with Gasteiger partial charge in [-0.3, -0.25) is 4.79 Å². The number of ether oxygens (including phenoxy) is 2. The largest absolute Gasteiger partial charge is 0.369 e. The molecule has 1 unspecified atom stereocenters. The van der Waals surface area contributed by atoms with Crippen LogP contribution >= 0.6 is 0 Å². The van der Waals surface area contributed by atoms with Crippen LogP contribution in [0.1, 0.15) is 27.7 Å². The third-order valence-electron chi connectivity index (χ3n) is 2.33. The smallest absolute Gasteiger partial charge is 0.220 e. The minimum Gasteiger partial charge on any atom is -0.369 e. The van der Waals surface area contributed by atoms with Gasteiger partial charge in [0, 0.05) is 25.0 Å². The molecule has 2 atom stereocenters. The van der Waals surface area contributed by atoms with Crippen LogP contribution < -0.4 is 5.73 Å². The van der Waals surface area contributed by atoms with Crippen molar-refractivity contribution in [2.45, 2.75) is 34.0 Å². The van der Waals surface area contributed by atoms with Gasteiger partial charge in [-0.15, -0.1) is 0 Å². The topological polar surface area (TPSA) is 61.6 Å². The molecule has 0 aromatic heterocycles. The highest BCUT2D eigenvalue weighted by atomic mass is 16.7. The molecule has 84 valence electrons. The number of rotatable bonds is 7. The van der Waals surface area contributed by atoms with Gasteiger partial charge in [0.05, 0.1) is 0 Å². The van der Waals surface area contributed by atoms with Gasteiger partial charge in [0.15, 0.2) is 6.29 Å². The molecule has 0 radical (unpaired) electrons. The van der Waals surface area contributed by atoms with Gasteiger partial charge in [0.2, 0.25) is 5.91 Å². The summed E-state index contributed by atoms with van der Waals surface area (Å²) in [5.74, 6) is -0.576. The zero-order chi connectivity index (χ0) is 11.1. The molecular formula is C10H21NO3. The van der Waals surface area contributed by atoms with Gasteiger partial charge >= 0.3 is 0 Å². The summed E-state index contributed by atoms with van der Waals surface area (Å²) in [4.78, 5) is 11.0. The third kappa shape index (κ3) is 4.07. The molecule has 0 fully saturated rings. The molecule has 0 spiro atoms. The summed E-state index contributed by atoms with van der Waals surface area (Å²) >= 11 is 0. The van der Waals surface area contributed by atoms with Crippen LogP contribution in [0.15, 0.2) is 0 Å².